The zero-order chi connectivity index (χ0) is 20.6. The lowest BCUT2D eigenvalue weighted by atomic mass is 10.0. The molecule has 146 valence electrons. The fourth-order valence-corrected chi connectivity index (χ4v) is 2.95. The normalized spacial score (nSPS) is 10.0. The lowest BCUT2D eigenvalue weighted by molar-refractivity contribution is 0.475. The summed E-state index contributed by atoms with van der Waals surface area (Å²) in [4.78, 5) is 0. The summed E-state index contributed by atoms with van der Waals surface area (Å²) >= 11 is 0. The van der Waals surface area contributed by atoms with Gasteiger partial charge >= 0.3 is 0 Å². The van der Waals surface area contributed by atoms with Crippen molar-refractivity contribution in [2.45, 2.75) is 13.8 Å². The molecule has 0 amide bonds. The molecule has 0 aliphatic heterocycles. The summed E-state index contributed by atoms with van der Waals surface area (Å²) in [6, 6.07) is 29.8. The molecule has 5 aromatic rings. The topological polar surface area (TPSA) is 53.6 Å². The van der Waals surface area contributed by atoms with E-state index in [4.69, 9.17) is 14.6 Å². The van der Waals surface area contributed by atoms with Crippen molar-refractivity contribution < 1.29 is 14.6 Å². The van der Waals surface area contributed by atoms with Crippen LogP contribution in [0.1, 0.15) is 11.1 Å². The van der Waals surface area contributed by atoms with Crippen LogP contribution in [0.3, 0.4) is 0 Å². The third-order valence-electron chi connectivity index (χ3n) is 4.59. The first kappa shape index (κ1) is 20.0. The Balaban J connectivity index is 0.000000143. The summed E-state index contributed by atoms with van der Waals surface area (Å²) in [5, 5.41) is 19.7. The van der Waals surface area contributed by atoms with Crippen molar-refractivity contribution in [2.75, 3.05) is 0 Å². The average Bonchev–Trinajstić information content (AvgIpc) is 3.12. The third-order valence-corrected chi connectivity index (χ3v) is 4.59. The second-order valence-corrected chi connectivity index (χ2v) is 6.65. The second-order valence-electron chi connectivity index (χ2n) is 6.65. The van der Waals surface area contributed by atoms with Gasteiger partial charge in [0.05, 0.1) is 0 Å². The van der Waals surface area contributed by atoms with E-state index in [2.05, 4.69) is 38.1 Å². The molecule has 0 aliphatic rings. The molecule has 0 unspecified atom stereocenters. The molecular formula is C26H24O3. The molecular weight excluding hydrogens is 360 g/mol. The Morgan fingerprint density at radius 3 is 1.59 bits per heavy atom. The highest BCUT2D eigenvalue weighted by atomic mass is 16.3. The maximum absolute atomic E-state index is 8.63. The highest BCUT2D eigenvalue weighted by Gasteiger charge is 2.09. The Morgan fingerprint density at radius 2 is 1.07 bits per heavy atom. The van der Waals surface area contributed by atoms with E-state index in [0.717, 1.165) is 11.2 Å². The molecule has 0 saturated heterocycles. The minimum atomic E-state index is 0.322. The van der Waals surface area contributed by atoms with Crippen molar-refractivity contribution in [2.24, 2.45) is 0 Å². The van der Waals surface area contributed by atoms with Gasteiger partial charge in [-0.25, -0.2) is 0 Å². The van der Waals surface area contributed by atoms with E-state index in [0.29, 0.717) is 11.5 Å². The van der Waals surface area contributed by atoms with Crippen molar-refractivity contribution in [3.05, 3.63) is 108 Å². The standard InChI is InChI=1S/C14H12O.2C6H6O/c1-9-7-8-13-14(10(9)2)11-5-3-4-6-12(11)15-13;2*7-6-4-2-1-3-5-6/h3-8H,1-2H3;2*1-5,7H. The van der Waals surface area contributed by atoms with Crippen LogP contribution in [0.2, 0.25) is 0 Å². The molecule has 1 heterocycles. The first-order valence-electron chi connectivity index (χ1n) is 9.41. The molecule has 5 rings (SSSR count). The molecule has 0 radical (unpaired) electrons. The summed E-state index contributed by atoms with van der Waals surface area (Å²) in [5.41, 5.74) is 4.59. The first-order chi connectivity index (χ1) is 14.1. The van der Waals surface area contributed by atoms with E-state index >= 15 is 0 Å². The van der Waals surface area contributed by atoms with Crippen molar-refractivity contribution in [3.63, 3.8) is 0 Å². The monoisotopic (exact) mass is 384 g/mol. The van der Waals surface area contributed by atoms with Crippen LogP contribution in [0.15, 0.2) is 101 Å². The van der Waals surface area contributed by atoms with Crippen molar-refractivity contribution in [1.82, 2.24) is 0 Å². The van der Waals surface area contributed by atoms with E-state index in [9.17, 15) is 0 Å². The van der Waals surface area contributed by atoms with Crippen molar-refractivity contribution >= 4 is 21.9 Å². The molecule has 0 aliphatic carbocycles. The van der Waals surface area contributed by atoms with Gasteiger partial charge in [-0.05, 0) is 61.4 Å². The molecule has 3 nitrogen and oxygen atoms in total. The summed E-state index contributed by atoms with van der Waals surface area (Å²) in [6.07, 6.45) is 0. The van der Waals surface area contributed by atoms with E-state index in [1.807, 2.05) is 24.3 Å². The predicted molar refractivity (Wildman–Crippen MR) is 119 cm³/mol. The minimum Gasteiger partial charge on any atom is -0.508 e. The third kappa shape index (κ3) is 5.17. The number of phenolic OH excluding ortho intramolecular Hbond substituents is 2. The number of hydrogen-bond acceptors (Lipinski definition) is 3. The quantitative estimate of drug-likeness (QED) is 0.302. The van der Waals surface area contributed by atoms with Crippen molar-refractivity contribution in [1.29, 1.82) is 0 Å². The Labute approximate surface area is 170 Å². The molecule has 29 heavy (non-hydrogen) atoms. The van der Waals surface area contributed by atoms with Gasteiger partial charge in [-0.3, -0.25) is 0 Å². The number of phenols is 2. The molecule has 3 heteroatoms. The minimum absolute atomic E-state index is 0.322. The van der Waals surface area contributed by atoms with Gasteiger partial charge in [-0.15, -0.1) is 0 Å². The number of rotatable bonds is 0. The number of aromatic hydroxyl groups is 2. The number of benzene rings is 4. The fraction of sp³-hybridized carbons (Fsp3) is 0.0769. The summed E-state index contributed by atoms with van der Waals surface area (Å²) in [5.74, 6) is 0.644. The van der Waals surface area contributed by atoms with Crippen LogP contribution in [0.5, 0.6) is 11.5 Å². The number of para-hydroxylation sites is 3. The molecule has 0 bridgehead atoms. The van der Waals surface area contributed by atoms with E-state index in [-0.39, 0.29) is 0 Å². The highest BCUT2D eigenvalue weighted by Crippen LogP contribution is 2.32. The van der Waals surface area contributed by atoms with Gasteiger partial charge in [0, 0.05) is 10.8 Å². The molecule has 4 aromatic carbocycles. The zero-order valence-corrected chi connectivity index (χ0v) is 16.5. The van der Waals surface area contributed by atoms with Gasteiger partial charge in [0.25, 0.3) is 0 Å². The maximum atomic E-state index is 8.63. The Morgan fingerprint density at radius 1 is 0.552 bits per heavy atom. The van der Waals surface area contributed by atoms with Gasteiger partial charge < -0.3 is 14.6 Å². The summed E-state index contributed by atoms with van der Waals surface area (Å²) in [7, 11) is 0. The van der Waals surface area contributed by atoms with Crippen LogP contribution < -0.4 is 0 Å². The van der Waals surface area contributed by atoms with Gasteiger partial charge in [0.1, 0.15) is 22.7 Å². The molecule has 1 aromatic heterocycles. The maximum Gasteiger partial charge on any atom is 0.135 e. The van der Waals surface area contributed by atoms with Crippen LogP contribution >= 0.6 is 0 Å². The predicted octanol–water partition coefficient (Wildman–Crippen LogP) is 6.99. The highest BCUT2D eigenvalue weighted by molar-refractivity contribution is 6.06. The lowest BCUT2D eigenvalue weighted by Gasteiger charge is -1.99. The van der Waals surface area contributed by atoms with E-state index in [1.54, 1.807) is 48.5 Å². The molecule has 0 spiro atoms. The SMILES string of the molecule is Cc1ccc2oc3ccccc3c2c1C.Oc1ccccc1.Oc1ccccc1. The zero-order valence-electron chi connectivity index (χ0n) is 16.5. The van der Waals surface area contributed by atoms with Crippen LogP contribution in [-0.2, 0) is 0 Å². The average molecular weight is 384 g/mol. The lowest BCUT2D eigenvalue weighted by Crippen LogP contribution is -1.80. The number of hydrogen-bond donors (Lipinski definition) is 2. The van der Waals surface area contributed by atoms with Crippen LogP contribution in [0.4, 0.5) is 0 Å². The van der Waals surface area contributed by atoms with E-state index in [1.165, 1.54) is 21.9 Å². The number of furan rings is 1. The first-order valence-corrected chi connectivity index (χ1v) is 9.41. The van der Waals surface area contributed by atoms with Crippen LogP contribution in [0, 0.1) is 13.8 Å². The molecule has 0 saturated carbocycles. The van der Waals surface area contributed by atoms with Crippen molar-refractivity contribution in [3.8, 4) is 11.5 Å². The van der Waals surface area contributed by atoms with Gasteiger partial charge in [0.15, 0.2) is 0 Å². The Bertz CT molecular complexity index is 1140. The summed E-state index contributed by atoms with van der Waals surface area (Å²) < 4.78 is 5.79. The number of aryl methyl sites for hydroxylation is 2. The molecule has 0 atom stereocenters. The smallest absolute Gasteiger partial charge is 0.135 e. The van der Waals surface area contributed by atoms with Crippen LogP contribution in [0.25, 0.3) is 21.9 Å². The van der Waals surface area contributed by atoms with Gasteiger partial charge in [0.2, 0.25) is 0 Å². The Hall–Kier alpha value is -3.72. The second kappa shape index (κ2) is 9.47. The largest absolute Gasteiger partial charge is 0.508 e. The van der Waals surface area contributed by atoms with Gasteiger partial charge in [-0.2, -0.15) is 0 Å². The number of fused-ring (bicyclic) bond motifs is 3. The van der Waals surface area contributed by atoms with Gasteiger partial charge in [-0.1, -0.05) is 60.7 Å². The Kier molecular flexibility index (Phi) is 6.54. The summed E-state index contributed by atoms with van der Waals surface area (Å²) in [6.45, 7) is 4.29. The fourth-order valence-electron chi connectivity index (χ4n) is 2.95. The van der Waals surface area contributed by atoms with E-state index < -0.39 is 0 Å². The van der Waals surface area contributed by atoms with Crippen LogP contribution in [-0.4, -0.2) is 10.2 Å². The molecule has 0 fully saturated rings. The molecule has 2 N–H and O–H groups in total.